The molecule has 0 N–H and O–H groups in total. The second kappa shape index (κ2) is 6.00. The summed E-state index contributed by atoms with van der Waals surface area (Å²) >= 11 is 0. The lowest BCUT2D eigenvalue weighted by Gasteiger charge is -1.96. The number of ether oxygens (including phenoxy) is 3. The van der Waals surface area contributed by atoms with Crippen molar-refractivity contribution in [3.05, 3.63) is 17.3 Å². The van der Waals surface area contributed by atoms with E-state index in [1.54, 1.807) is 6.92 Å². The summed E-state index contributed by atoms with van der Waals surface area (Å²) in [5.41, 5.74) is -0.214. The number of aromatic nitrogens is 1. The van der Waals surface area contributed by atoms with Crippen LogP contribution in [0.15, 0.2) is 4.42 Å². The molecule has 17 heavy (non-hydrogen) atoms. The van der Waals surface area contributed by atoms with Gasteiger partial charge in [-0.2, -0.15) is 0 Å². The maximum atomic E-state index is 11.3. The van der Waals surface area contributed by atoms with Crippen molar-refractivity contribution in [2.75, 3.05) is 20.8 Å². The Hall–Kier alpha value is -1.89. The summed E-state index contributed by atoms with van der Waals surface area (Å²) in [6.45, 7) is 2.33. The zero-order chi connectivity index (χ0) is 12.8. The topological polar surface area (TPSA) is 87.9 Å². The summed E-state index contributed by atoms with van der Waals surface area (Å²) < 4.78 is 19.1. The fraction of sp³-hybridized carbons (Fsp3) is 0.500. The third-order valence-electron chi connectivity index (χ3n) is 1.85. The van der Waals surface area contributed by atoms with Gasteiger partial charge in [0.2, 0.25) is 17.3 Å². The van der Waals surface area contributed by atoms with Crippen molar-refractivity contribution in [2.24, 2.45) is 0 Å². The standard InChI is InChI=1S/C10H13NO6/c1-4-16-5-6-11-7(9(12)14-2)8(17-6)10(13)15-3/h4-5H2,1-3H3. The van der Waals surface area contributed by atoms with E-state index in [0.29, 0.717) is 6.61 Å². The first kappa shape index (κ1) is 13.2. The minimum Gasteiger partial charge on any atom is -0.464 e. The summed E-state index contributed by atoms with van der Waals surface area (Å²) in [6, 6.07) is 0. The van der Waals surface area contributed by atoms with Gasteiger partial charge in [0.15, 0.2) is 0 Å². The number of carbonyl (C=O) groups is 2. The second-order valence-corrected chi connectivity index (χ2v) is 2.91. The monoisotopic (exact) mass is 243 g/mol. The number of nitrogens with zero attached hydrogens (tertiary/aromatic N) is 1. The minimum atomic E-state index is -0.791. The summed E-state index contributed by atoms with van der Waals surface area (Å²) in [4.78, 5) is 26.5. The number of oxazole rings is 1. The molecule has 7 heteroatoms. The van der Waals surface area contributed by atoms with Crippen LogP contribution in [0.25, 0.3) is 0 Å². The Balaban J connectivity index is 3.03. The number of hydrogen-bond donors (Lipinski definition) is 0. The Morgan fingerprint density at radius 3 is 2.41 bits per heavy atom. The fourth-order valence-corrected chi connectivity index (χ4v) is 1.08. The normalized spacial score (nSPS) is 10.1. The van der Waals surface area contributed by atoms with Crippen molar-refractivity contribution in [2.45, 2.75) is 13.5 Å². The molecule has 0 aliphatic carbocycles. The largest absolute Gasteiger partial charge is 0.464 e. The molecule has 1 aromatic heterocycles. The van der Waals surface area contributed by atoms with Gasteiger partial charge in [0.05, 0.1) is 14.2 Å². The van der Waals surface area contributed by atoms with Crippen LogP contribution in [0.3, 0.4) is 0 Å². The molecule has 1 rings (SSSR count). The number of carbonyl (C=O) groups excluding carboxylic acids is 2. The zero-order valence-electron chi connectivity index (χ0n) is 9.81. The zero-order valence-corrected chi connectivity index (χ0v) is 9.81. The highest BCUT2D eigenvalue weighted by Crippen LogP contribution is 2.14. The van der Waals surface area contributed by atoms with E-state index in [0.717, 1.165) is 0 Å². The van der Waals surface area contributed by atoms with Crippen molar-refractivity contribution < 1.29 is 28.2 Å². The molecule has 0 atom stereocenters. The lowest BCUT2D eigenvalue weighted by molar-refractivity contribution is 0.0521. The van der Waals surface area contributed by atoms with Gasteiger partial charge in [-0.05, 0) is 6.92 Å². The number of methoxy groups -OCH3 is 2. The van der Waals surface area contributed by atoms with Crippen LogP contribution in [0, 0.1) is 0 Å². The van der Waals surface area contributed by atoms with E-state index in [2.05, 4.69) is 14.5 Å². The van der Waals surface area contributed by atoms with Crippen molar-refractivity contribution in [3.8, 4) is 0 Å². The van der Waals surface area contributed by atoms with E-state index in [9.17, 15) is 9.59 Å². The molecule has 0 bridgehead atoms. The molecule has 0 aliphatic heterocycles. The molecule has 7 nitrogen and oxygen atoms in total. The summed E-state index contributed by atoms with van der Waals surface area (Å²) in [7, 11) is 2.36. The lowest BCUT2D eigenvalue weighted by Crippen LogP contribution is -2.10. The highest BCUT2D eigenvalue weighted by molar-refractivity contribution is 5.99. The maximum Gasteiger partial charge on any atom is 0.376 e. The smallest absolute Gasteiger partial charge is 0.376 e. The second-order valence-electron chi connectivity index (χ2n) is 2.91. The molecule has 0 saturated heterocycles. The first-order valence-corrected chi connectivity index (χ1v) is 4.88. The van der Waals surface area contributed by atoms with Crippen LogP contribution in [0.4, 0.5) is 0 Å². The highest BCUT2D eigenvalue weighted by Gasteiger charge is 2.26. The van der Waals surface area contributed by atoms with E-state index < -0.39 is 11.9 Å². The van der Waals surface area contributed by atoms with Crippen LogP contribution < -0.4 is 0 Å². The lowest BCUT2D eigenvalue weighted by atomic mass is 10.3. The molecule has 0 fully saturated rings. The van der Waals surface area contributed by atoms with Gasteiger partial charge in [0, 0.05) is 6.61 Å². The Morgan fingerprint density at radius 1 is 1.24 bits per heavy atom. The van der Waals surface area contributed by atoms with E-state index in [4.69, 9.17) is 9.15 Å². The Kier molecular flexibility index (Phi) is 4.65. The van der Waals surface area contributed by atoms with Gasteiger partial charge in [-0.25, -0.2) is 14.6 Å². The molecular weight excluding hydrogens is 230 g/mol. The van der Waals surface area contributed by atoms with Crippen LogP contribution >= 0.6 is 0 Å². The van der Waals surface area contributed by atoms with E-state index in [1.165, 1.54) is 14.2 Å². The van der Waals surface area contributed by atoms with Gasteiger partial charge in [-0.1, -0.05) is 0 Å². The van der Waals surface area contributed by atoms with Gasteiger partial charge in [0.25, 0.3) is 0 Å². The van der Waals surface area contributed by atoms with Crippen molar-refractivity contribution in [1.29, 1.82) is 0 Å². The van der Waals surface area contributed by atoms with Crippen LogP contribution in [0.1, 0.15) is 33.9 Å². The molecule has 0 radical (unpaired) electrons. The average Bonchev–Trinajstić information content (AvgIpc) is 2.78. The van der Waals surface area contributed by atoms with Gasteiger partial charge in [-0.15, -0.1) is 0 Å². The van der Waals surface area contributed by atoms with Gasteiger partial charge < -0.3 is 18.6 Å². The molecule has 0 saturated carbocycles. The van der Waals surface area contributed by atoms with Crippen LogP contribution in [0.2, 0.25) is 0 Å². The quantitative estimate of drug-likeness (QED) is 0.706. The third kappa shape index (κ3) is 3.04. The fourth-order valence-electron chi connectivity index (χ4n) is 1.08. The van der Waals surface area contributed by atoms with Gasteiger partial charge in [-0.3, -0.25) is 0 Å². The van der Waals surface area contributed by atoms with Gasteiger partial charge >= 0.3 is 11.9 Å². The summed E-state index contributed by atoms with van der Waals surface area (Å²) in [5, 5.41) is 0. The molecule has 0 amide bonds. The molecule has 0 spiro atoms. The van der Waals surface area contributed by atoms with Crippen molar-refractivity contribution in [3.63, 3.8) is 0 Å². The predicted molar refractivity (Wildman–Crippen MR) is 54.5 cm³/mol. The number of rotatable bonds is 5. The summed E-state index contributed by atoms with van der Waals surface area (Å²) in [5.74, 6) is -1.72. The first-order chi connectivity index (χ1) is 8.13. The number of hydrogen-bond acceptors (Lipinski definition) is 7. The SMILES string of the molecule is CCOCc1nc(C(=O)OC)c(C(=O)OC)o1. The Labute approximate surface area is 97.7 Å². The molecule has 0 unspecified atom stereocenters. The van der Waals surface area contributed by atoms with Crippen LogP contribution in [-0.4, -0.2) is 37.7 Å². The summed E-state index contributed by atoms with van der Waals surface area (Å²) in [6.07, 6.45) is 0. The Bertz CT molecular complexity index is 377. The molecule has 1 heterocycles. The first-order valence-electron chi connectivity index (χ1n) is 4.88. The predicted octanol–water partition coefficient (Wildman–Crippen LogP) is 0.784. The maximum absolute atomic E-state index is 11.3. The van der Waals surface area contributed by atoms with Gasteiger partial charge in [0.1, 0.15) is 6.61 Å². The van der Waals surface area contributed by atoms with Crippen LogP contribution in [0.5, 0.6) is 0 Å². The van der Waals surface area contributed by atoms with E-state index in [1.807, 2.05) is 0 Å². The van der Waals surface area contributed by atoms with Crippen LogP contribution in [-0.2, 0) is 20.8 Å². The van der Waals surface area contributed by atoms with E-state index in [-0.39, 0.29) is 24.0 Å². The molecule has 94 valence electrons. The third-order valence-corrected chi connectivity index (χ3v) is 1.85. The Morgan fingerprint density at radius 2 is 1.88 bits per heavy atom. The number of esters is 2. The minimum absolute atomic E-state index is 0.0670. The van der Waals surface area contributed by atoms with Crippen molar-refractivity contribution in [1.82, 2.24) is 4.98 Å². The molecule has 1 aromatic rings. The average molecular weight is 243 g/mol. The van der Waals surface area contributed by atoms with Crippen molar-refractivity contribution >= 4 is 11.9 Å². The van der Waals surface area contributed by atoms with E-state index >= 15 is 0 Å². The molecule has 0 aromatic carbocycles. The highest BCUT2D eigenvalue weighted by atomic mass is 16.5. The molecular formula is C10H13NO6. The molecule has 0 aliphatic rings.